The van der Waals surface area contributed by atoms with Crippen molar-refractivity contribution in [3.05, 3.63) is 58.4 Å². The molecule has 2 unspecified atom stereocenters. The molecule has 1 heterocycles. The fourth-order valence-electron chi connectivity index (χ4n) is 3.20. The molecular formula is C19H19F3N2O. The first-order valence-electron chi connectivity index (χ1n) is 8.09. The first kappa shape index (κ1) is 17.5. The molecule has 2 atom stereocenters. The summed E-state index contributed by atoms with van der Waals surface area (Å²) in [6.07, 6.45) is -3.69. The van der Waals surface area contributed by atoms with E-state index in [2.05, 4.69) is 10.3 Å². The Balaban J connectivity index is 1.69. The van der Waals surface area contributed by atoms with Crippen LogP contribution in [0.1, 0.15) is 40.4 Å². The van der Waals surface area contributed by atoms with Crippen LogP contribution in [-0.2, 0) is 11.0 Å². The maximum atomic E-state index is 12.6. The minimum atomic E-state index is -4.34. The van der Waals surface area contributed by atoms with Gasteiger partial charge in [0.25, 0.3) is 0 Å². The third-order valence-electron chi connectivity index (χ3n) is 4.57. The maximum Gasteiger partial charge on any atom is 0.416 e. The molecule has 25 heavy (non-hydrogen) atoms. The molecule has 0 spiro atoms. The van der Waals surface area contributed by atoms with E-state index in [1.807, 2.05) is 26.8 Å². The number of carbonyl (C=O) groups excluding carboxylic acids is 1. The van der Waals surface area contributed by atoms with Crippen molar-refractivity contribution >= 4 is 11.6 Å². The van der Waals surface area contributed by atoms with Crippen LogP contribution in [-0.4, -0.2) is 10.9 Å². The van der Waals surface area contributed by atoms with Crippen LogP contribution >= 0.6 is 0 Å². The zero-order chi connectivity index (χ0) is 18.4. The second-order valence-corrected chi connectivity index (χ2v) is 6.60. The zero-order valence-corrected chi connectivity index (χ0v) is 14.2. The summed E-state index contributed by atoms with van der Waals surface area (Å²) in [6, 6.07) is 6.97. The van der Waals surface area contributed by atoms with Crippen molar-refractivity contribution in [2.24, 2.45) is 5.92 Å². The molecule has 1 saturated carbocycles. The fraction of sp³-hybridized carbons (Fsp3) is 0.368. The SMILES string of the molecule is Cc1cc(C)c(NC(=O)C2CC2c2ccc(C(F)(F)F)cc2)c(C)n1. The van der Waals surface area contributed by atoms with E-state index in [0.717, 1.165) is 34.6 Å². The minimum absolute atomic E-state index is 0.0266. The molecule has 3 rings (SSSR count). The van der Waals surface area contributed by atoms with Crippen LogP contribution < -0.4 is 5.32 Å². The third-order valence-corrected chi connectivity index (χ3v) is 4.57. The second kappa shape index (κ2) is 6.17. The average Bonchev–Trinajstić information content (AvgIpc) is 3.30. The fourth-order valence-corrected chi connectivity index (χ4v) is 3.20. The molecule has 3 nitrogen and oxygen atoms in total. The number of nitrogens with one attached hydrogen (secondary N) is 1. The number of halogens is 3. The average molecular weight is 348 g/mol. The van der Waals surface area contributed by atoms with Gasteiger partial charge in [0, 0.05) is 11.6 Å². The van der Waals surface area contributed by atoms with Crippen LogP contribution in [0.15, 0.2) is 30.3 Å². The maximum absolute atomic E-state index is 12.6. The van der Waals surface area contributed by atoms with Crippen LogP contribution in [0.2, 0.25) is 0 Å². The molecule has 0 saturated heterocycles. The summed E-state index contributed by atoms with van der Waals surface area (Å²) in [4.78, 5) is 16.8. The van der Waals surface area contributed by atoms with Crippen LogP contribution in [0.3, 0.4) is 0 Å². The molecule has 1 aromatic heterocycles. The predicted molar refractivity (Wildman–Crippen MR) is 89.4 cm³/mol. The number of carbonyl (C=O) groups is 1. The van der Waals surface area contributed by atoms with E-state index in [1.165, 1.54) is 12.1 Å². The van der Waals surface area contributed by atoms with E-state index < -0.39 is 11.7 Å². The summed E-state index contributed by atoms with van der Waals surface area (Å²) in [7, 11) is 0. The van der Waals surface area contributed by atoms with Gasteiger partial charge in [-0.2, -0.15) is 13.2 Å². The number of amides is 1. The highest BCUT2D eigenvalue weighted by molar-refractivity contribution is 5.96. The molecule has 6 heteroatoms. The Morgan fingerprint density at radius 1 is 1.16 bits per heavy atom. The molecular weight excluding hydrogens is 329 g/mol. The van der Waals surface area contributed by atoms with Gasteiger partial charge in [-0.15, -0.1) is 0 Å². The van der Waals surface area contributed by atoms with E-state index in [1.54, 1.807) is 0 Å². The number of aromatic nitrogens is 1. The van der Waals surface area contributed by atoms with Gasteiger partial charge in [0.2, 0.25) is 5.91 Å². The Morgan fingerprint density at radius 2 is 1.80 bits per heavy atom. The van der Waals surface area contributed by atoms with Gasteiger partial charge in [0.05, 0.1) is 16.9 Å². The number of rotatable bonds is 3. The quantitative estimate of drug-likeness (QED) is 0.868. The summed E-state index contributed by atoms with van der Waals surface area (Å²) in [5, 5.41) is 2.92. The summed E-state index contributed by atoms with van der Waals surface area (Å²) >= 11 is 0. The minimum Gasteiger partial charge on any atom is -0.324 e. The summed E-state index contributed by atoms with van der Waals surface area (Å²) < 4.78 is 37.9. The van der Waals surface area contributed by atoms with Gasteiger partial charge in [0.15, 0.2) is 0 Å². The highest BCUT2D eigenvalue weighted by Crippen LogP contribution is 2.48. The summed E-state index contributed by atoms with van der Waals surface area (Å²) in [5.74, 6) is -0.347. The molecule has 0 aliphatic heterocycles. The molecule has 0 bridgehead atoms. The van der Waals surface area contributed by atoms with Crippen molar-refractivity contribution in [1.29, 1.82) is 0 Å². The standard InChI is InChI=1S/C19H19F3N2O/c1-10-8-11(2)23-12(3)17(10)24-18(25)16-9-15(16)13-4-6-14(7-5-13)19(20,21)22/h4-8,15-16H,9H2,1-3H3,(H,24,25). The number of hydrogen-bond donors (Lipinski definition) is 1. The second-order valence-electron chi connectivity index (χ2n) is 6.60. The number of aryl methyl sites for hydroxylation is 3. The number of alkyl halides is 3. The van der Waals surface area contributed by atoms with Crippen molar-refractivity contribution in [2.75, 3.05) is 5.32 Å². The number of nitrogens with zero attached hydrogens (tertiary/aromatic N) is 1. The molecule has 1 aliphatic carbocycles. The number of anilines is 1. The number of pyridine rings is 1. The van der Waals surface area contributed by atoms with E-state index in [-0.39, 0.29) is 17.7 Å². The lowest BCUT2D eigenvalue weighted by Gasteiger charge is -2.12. The van der Waals surface area contributed by atoms with Crippen molar-refractivity contribution in [3.63, 3.8) is 0 Å². The van der Waals surface area contributed by atoms with Crippen molar-refractivity contribution in [1.82, 2.24) is 4.98 Å². The van der Waals surface area contributed by atoms with Crippen LogP contribution in [0.4, 0.5) is 18.9 Å². The lowest BCUT2D eigenvalue weighted by Crippen LogP contribution is -2.17. The van der Waals surface area contributed by atoms with Gasteiger partial charge in [-0.1, -0.05) is 12.1 Å². The number of hydrogen-bond acceptors (Lipinski definition) is 2. The summed E-state index contributed by atoms with van der Waals surface area (Å²) in [6.45, 7) is 5.65. The zero-order valence-electron chi connectivity index (χ0n) is 14.2. The van der Waals surface area contributed by atoms with Crippen molar-refractivity contribution in [2.45, 2.75) is 39.3 Å². The van der Waals surface area contributed by atoms with Gasteiger partial charge < -0.3 is 5.32 Å². The molecule has 1 aromatic carbocycles. The van der Waals surface area contributed by atoms with Crippen molar-refractivity contribution in [3.8, 4) is 0 Å². The van der Waals surface area contributed by atoms with Crippen molar-refractivity contribution < 1.29 is 18.0 Å². The Labute approximate surface area is 144 Å². The summed E-state index contributed by atoms with van der Waals surface area (Å²) in [5.41, 5.74) is 3.41. The highest BCUT2D eigenvalue weighted by Gasteiger charge is 2.44. The molecule has 132 valence electrons. The predicted octanol–water partition coefficient (Wildman–Crippen LogP) is 4.77. The van der Waals surface area contributed by atoms with Gasteiger partial charge in [-0.25, -0.2) is 0 Å². The monoisotopic (exact) mass is 348 g/mol. The van der Waals surface area contributed by atoms with Gasteiger partial charge in [0.1, 0.15) is 0 Å². The Kier molecular flexibility index (Phi) is 4.31. The Bertz CT molecular complexity index is 789. The van der Waals surface area contributed by atoms with E-state index in [0.29, 0.717) is 12.1 Å². The van der Waals surface area contributed by atoms with Gasteiger partial charge in [-0.05, 0) is 62.4 Å². The van der Waals surface area contributed by atoms with Gasteiger partial charge >= 0.3 is 6.18 Å². The highest BCUT2D eigenvalue weighted by atomic mass is 19.4. The first-order chi connectivity index (χ1) is 11.7. The molecule has 2 aromatic rings. The molecule has 1 N–H and O–H groups in total. The molecule has 1 fully saturated rings. The molecule has 1 amide bonds. The normalized spacial score (nSPS) is 19.6. The lowest BCUT2D eigenvalue weighted by atomic mass is 10.1. The smallest absolute Gasteiger partial charge is 0.324 e. The third kappa shape index (κ3) is 3.67. The van der Waals surface area contributed by atoms with Gasteiger partial charge in [-0.3, -0.25) is 9.78 Å². The lowest BCUT2D eigenvalue weighted by molar-refractivity contribution is -0.137. The van der Waals surface area contributed by atoms with Crippen LogP contribution in [0, 0.1) is 26.7 Å². The number of benzene rings is 1. The first-order valence-corrected chi connectivity index (χ1v) is 8.09. The Hall–Kier alpha value is -2.37. The topological polar surface area (TPSA) is 42.0 Å². The molecule has 1 aliphatic rings. The van der Waals surface area contributed by atoms with Crippen LogP contribution in [0.5, 0.6) is 0 Å². The van der Waals surface area contributed by atoms with Crippen LogP contribution in [0.25, 0.3) is 0 Å². The Morgan fingerprint density at radius 3 is 2.36 bits per heavy atom. The largest absolute Gasteiger partial charge is 0.416 e. The van der Waals surface area contributed by atoms with E-state index >= 15 is 0 Å². The van der Waals surface area contributed by atoms with E-state index in [4.69, 9.17) is 0 Å². The van der Waals surface area contributed by atoms with E-state index in [9.17, 15) is 18.0 Å². The molecule has 0 radical (unpaired) electrons.